The molecule has 0 saturated heterocycles. The van der Waals surface area contributed by atoms with E-state index in [0.717, 1.165) is 4.88 Å². The van der Waals surface area contributed by atoms with Crippen LogP contribution in [0.1, 0.15) is 21.0 Å². The summed E-state index contributed by atoms with van der Waals surface area (Å²) in [6, 6.07) is 3.71. The lowest BCUT2D eigenvalue weighted by molar-refractivity contribution is 0.0685. The van der Waals surface area contributed by atoms with Crippen molar-refractivity contribution in [1.29, 1.82) is 0 Å². The first-order valence-electron chi connectivity index (χ1n) is 5.97. The molecule has 0 spiro atoms. The molecule has 110 valence electrons. The fraction of sp³-hybridized carbons (Fsp3) is 0. The Hall–Kier alpha value is -3.14. The minimum Gasteiger partial charge on any atom is -0.476 e. The van der Waals surface area contributed by atoms with Gasteiger partial charge in [0.1, 0.15) is 0 Å². The minimum absolute atomic E-state index is 0.0235. The van der Waals surface area contributed by atoms with Crippen molar-refractivity contribution < 1.29 is 14.7 Å². The number of carbonyl (C=O) groups is 2. The number of hydrogen-bond donors (Lipinski definition) is 3. The van der Waals surface area contributed by atoms with Gasteiger partial charge >= 0.3 is 5.97 Å². The molecule has 3 aromatic heterocycles. The molecule has 3 rings (SSSR count). The number of H-pyrrole nitrogens is 1. The Morgan fingerprint density at radius 1 is 1.23 bits per heavy atom. The number of nitrogens with zero attached hydrogens (tertiary/aromatic N) is 4. The van der Waals surface area contributed by atoms with E-state index in [2.05, 4.69) is 30.5 Å². The normalized spacial score (nSPS) is 10.4. The van der Waals surface area contributed by atoms with E-state index in [1.807, 2.05) is 17.5 Å². The van der Waals surface area contributed by atoms with Crippen LogP contribution in [-0.4, -0.2) is 42.1 Å². The number of nitrogens with one attached hydrogen (secondary N) is 2. The van der Waals surface area contributed by atoms with Gasteiger partial charge in [-0.05, 0) is 11.4 Å². The van der Waals surface area contributed by atoms with Crippen molar-refractivity contribution >= 4 is 29.2 Å². The first-order valence-corrected chi connectivity index (χ1v) is 6.85. The first-order chi connectivity index (χ1) is 10.6. The first kappa shape index (κ1) is 13.8. The average Bonchev–Trinajstić information content (AvgIpc) is 3.17. The number of thiophene rings is 1. The maximum absolute atomic E-state index is 12.1. The highest BCUT2D eigenvalue weighted by molar-refractivity contribution is 7.13. The van der Waals surface area contributed by atoms with Gasteiger partial charge in [0.2, 0.25) is 5.95 Å². The second kappa shape index (κ2) is 5.69. The molecule has 0 aromatic carbocycles. The largest absolute Gasteiger partial charge is 0.476 e. The van der Waals surface area contributed by atoms with Gasteiger partial charge in [0.25, 0.3) is 5.91 Å². The van der Waals surface area contributed by atoms with E-state index in [4.69, 9.17) is 5.11 Å². The van der Waals surface area contributed by atoms with Gasteiger partial charge in [0.05, 0.1) is 4.88 Å². The van der Waals surface area contributed by atoms with E-state index in [0.29, 0.717) is 5.82 Å². The Morgan fingerprint density at radius 2 is 2.00 bits per heavy atom. The van der Waals surface area contributed by atoms with E-state index in [-0.39, 0.29) is 11.6 Å². The van der Waals surface area contributed by atoms with E-state index in [1.54, 1.807) is 0 Å². The van der Waals surface area contributed by atoms with Gasteiger partial charge in [-0.15, -0.1) is 16.4 Å². The third-order valence-corrected chi connectivity index (χ3v) is 3.46. The van der Waals surface area contributed by atoms with Crippen molar-refractivity contribution in [1.82, 2.24) is 25.1 Å². The molecule has 1 amide bonds. The zero-order valence-electron chi connectivity index (χ0n) is 10.8. The molecule has 0 fully saturated rings. The van der Waals surface area contributed by atoms with Crippen molar-refractivity contribution in [2.75, 3.05) is 5.32 Å². The van der Waals surface area contributed by atoms with Gasteiger partial charge in [-0.25, -0.2) is 14.8 Å². The fourth-order valence-corrected chi connectivity index (χ4v) is 2.33. The van der Waals surface area contributed by atoms with Crippen LogP contribution in [0.2, 0.25) is 0 Å². The molecule has 3 N–H and O–H groups in total. The number of hydrogen-bond acceptors (Lipinski definition) is 7. The Labute approximate surface area is 127 Å². The zero-order valence-corrected chi connectivity index (χ0v) is 11.7. The van der Waals surface area contributed by atoms with Crippen molar-refractivity contribution in [3.05, 3.63) is 41.3 Å². The van der Waals surface area contributed by atoms with Gasteiger partial charge in [-0.3, -0.25) is 15.2 Å². The van der Waals surface area contributed by atoms with Crippen molar-refractivity contribution in [2.45, 2.75) is 0 Å². The summed E-state index contributed by atoms with van der Waals surface area (Å²) in [4.78, 5) is 35.4. The molecule has 0 radical (unpaired) electrons. The Morgan fingerprint density at radius 3 is 2.68 bits per heavy atom. The highest BCUT2D eigenvalue weighted by Gasteiger charge is 2.20. The number of carbonyl (C=O) groups excluding carboxylic acids is 1. The average molecular weight is 316 g/mol. The van der Waals surface area contributed by atoms with Crippen LogP contribution in [0.3, 0.4) is 0 Å². The Balaban J connectivity index is 1.82. The Bertz CT molecular complexity index is 829. The van der Waals surface area contributed by atoms with Crippen LogP contribution in [0.4, 0.5) is 5.95 Å². The fourth-order valence-electron chi connectivity index (χ4n) is 1.66. The van der Waals surface area contributed by atoms with E-state index < -0.39 is 17.6 Å². The summed E-state index contributed by atoms with van der Waals surface area (Å²) >= 11 is 1.46. The standard InChI is InChI=1S/C12H8N6O3S/c19-10(7-8(11(20)21)14-4-3-13-7)16-12-15-9(17-18-12)6-2-1-5-22-6/h1-5H,(H,20,21)(H2,15,16,17,18,19). The number of anilines is 1. The maximum Gasteiger partial charge on any atom is 0.356 e. The Kier molecular flexibility index (Phi) is 3.58. The summed E-state index contributed by atoms with van der Waals surface area (Å²) in [5.41, 5.74) is -0.744. The van der Waals surface area contributed by atoms with E-state index in [1.165, 1.54) is 23.7 Å². The van der Waals surface area contributed by atoms with Crippen LogP contribution in [0.25, 0.3) is 10.7 Å². The summed E-state index contributed by atoms with van der Waals surface area (Å²) in [7, 11) is 0. The summed E-state index contributed by atoms with van der Waals surface area (Å²) in [6.07, 6.45) is 2.43. The number of amides is 1. The van der Waals surface area contributed by atoms with Crippen molar-refractivity contribution in [2.24, 2.45) is 0 Å². The lowest BCUT2D eigenvalue weighted by atomic mass is 10.3. The smallest absolute Gasteiger partial charge is 0.356 e. The number of rotatable bonds is 4. The number of aromatic amines is 1. The second-order valence-electron chi connectivity index (χ2n) is 4.00. The third-order valence-electron chi connectivity index (χ3n) is 2.58. The molecule has 3 aromatic rings. The van der Waals surface area contributed by atoms with Crippen molar-refractivity contribution in [3.63, 3.8) is 0 Å². The molecule has 3 heterocycles. The third kappa shape index (κ3) is 2.67. The van der Waals surface area contributed by atoms with Crippen molar-refractivity contribution in [3.8, 4) is 10.7 Å². The number of carboxylic acids is 1. The number of aromatic nitrogens is 5. The van der Waals surface area contributed by atoms with Crippen LogP contribution >= 0.6 is 11.3 Å². The quantitative estimate of drug-likeness (QED) is 0.660. The second-order valence-corrected chi connectivity index (χ2v) is 4.95. The van der Waals surface area contributed by atoms with Gasteiger partial charge < -0.3 is 5.11 Å². The minimum atomic E-state index is -1.34. The predicted molar refractivity (Wildman–Crippen MR) is 76.6 cm³/mol. The molecule has 0 aliphatic heterocycles. The molecular weight excluding hydrogens is 308 g/mol. The molecule has 0 aliphatic carbocycles. The molecule has 9 nitrogen and oxygen atoms in total. The SMILES string of the molecule is O=C(O)c1nccnc1C(=O)Nc1n[nH]c(-c2cccs2)n1. The molecular formula is C12H8N6O3S. The number of aromatic carboxylic acids is 1. The van der Waals surface area contributed by atoms with Crippen LogP contribution in [0, 0.1) is 0 Å². The van der Waals surface area contributed by atoms with Crippen LogP contribution in [0.15, 0.2) is 29.9 Å². The highest BCUT2D eigenvalue weighted by atomic mass is 32.1. The van der Waals surface area contributed by atoms with E-state index >= 15 is 0 Å². The monoisotopic (exact) mass is 316 g/mol. The topological polar surface area (TPSA) is 134 Å². The lowest BCUT2D eigenvalue weighted by Gasteiger charge is -2.02. The molecule has 10 heteroatoms. The highest BCUT2D eigenvalue weighted by Crippen LogP contribution is 2.21. The van der Waals surface area contributed by atoms with Gasteiger partial charge in [0, 0.05) is 12.4 Å². The van der Waals surface area contributed by atoms with Crippen LogP contribution in [-0.2, 0) is 0 Å². The molecule has 22 heavy (non-hydrogen) atoms. The molecule has 0 atom stereocenters. The molecule has 0 unspecified atom stereocenters. The summed E-state index contributed by atoms with van der Waals surface area (Å²) in [5.74, 6) is -1.56. The zero-order chi connectivity index (χ0) is 15.5. The molecule has 0 saturated carbocycles. The number of carboxylic acid groups (broad SMARTS) is 1. The molecule has 0 aliphatic rings. The van der Waals surface area contributed by atoms with Gasteiger partial charge in [-0.2, -0.15) is 4.98 Å². The maximum atomic E-state index is 12.1. The van der Waals surface area contributed by atoms with Crippen LogP contribution < -0.4 is 5.32 Å². The van der Waals surface area contributed by atoms with Crippen LogP contribution in [0.5, 0.6) is 0 Å². The molecule has 0 bridgehead atoms. The summed E-state index contributed by atoms with van der Waals surface area (Å²) in [6.45, 7) is 0. The van der Waals surface area contributed by atoms with Gasteiger partial charge in [0.15, 0.2) is 17.2 Å². The predicted octanol–water partition coefficient (Wildman–Crippen LogP) is 1.27. The lowest BCUT2D eigenvalue weighted by Crippen LogP contribution is -2.20. The van der Waals surface area contributed by atoms with Gasteiger partial charge in [-0.1, -0.05) is 6.07 Å². The summed E-state index contributed by atoms with van der Waals surface area (Å²) in [5, 5.41) is 19.8. The van der Waals surface area contributed by atoms with E-state index in [9.17, 15) is 9.59 Å². The summed E-state index contributed by atoms with van der Waals surface area (Å²) < 4.78 is 0.